The maximum atomic E-state index is 13.2. The molecule has 0 aromatic rings. The van der Waals surface area contributed by atoms with Gasteiger partial charge in [0.25, 0.3) is 0 Å². The van der Waals surface area contributed by atoms with Gasteiger partial charge in [-0.1, -0.05) is 0 Å². The average Bonchev–Trinajstić information content (AvgIpc) is 2.34. The van der Waals surface area contributed by atoms with Crippen LogP contribution in [-0.4, -0.2) is 56.3 Å². The van der Waals surface area contributed by atoms with E-state index in [0.29, 0.717) is 0 Å². The van der Waals surface area contributed by atoms with Gasteiger partial charge in [0.1, 0.15) is 12.3 Å². The van der Waals surface area contributed by atoms with Crippen LogP contribution in [0.4, 0.5) is 26.3 Å². The molecule has 0 aliphatic heterocycles. The van der Waals surface area contributed by atoms with Crippen LogP contribution < -0.4 is 18.9 Å². The predicted molar refractivity (Wildman–Crippen MR) is 58.9 cm³/mol. The molecule has 0 aliphatic carbocycles. The standard InChI is InChI=1S/C10H16F6O3S.Li/c11-4-2-1-3-6(12)8(14)10(16)9(15)7(13)5-20(17,18)19;/h6-10H,1-5H2,(H,17,18,19);/q;+1/p-1. The van der Waals surface area contributed by atoms with E-state index in [1.807, 2.05) is 0 Å². The Morgan fingerprint density at radius 3 is 1.76 bits per heavy atom. The molecule has 0 fully saturated rings. The summed E-state index contributed by atoms with van der Waals surface area (Å²) in [6.07, 6.45) is -15.8. The number of unbranched alkanes of at least 4 members (excludes halogenated alkanes) is 1. The quantitative estimate of drug-likeness (QED) is 0.231. The van der Waals surface area contributed by atoms with Gasteiger partial charge >= 0.3 is 18.9 Å². The summed E-state index contributed by atoms with van der Waals surface area (Å²) in [6, 6.07) is 0. The minimum atomic E-state index is -5.15. The molecule has 122 valence electrons. The van der Waals surface area contributed by atoms with E-state index in [0.717, 1.165) is 0 Å². The summed E-state index contributed by atoms with van der Waals surface area (Å²) >= 11 is 0. The Morgan fingerprint density at radius 1 is 0.857 bits per heavy atom. The zero-order valence-corrected chi connectivity index (χ0v) is 12.1. The van der Waals surface area contributed by atoms with Crippen molar-refractivity contribution < 1.29 is 58.2 Å². The Bertz CT molecular complexity index is 372. The molecule has 0 spiro atoms. The Hall–Kier alpha value is 0.0874. The summed E-state index contributed by atoms with van der Waals surface area (Å²) in [7, 11) is -5.15. The van der Waals surface area contributed by atoms with Crippen molar-refractivity contribution in [1.82, 2.24) is 0 Å². The summed E-state index contributed by atoms with van der Waals surface area (Å²) in [6.45, 7) is -0.775. The topological polar surface area (TPSA) is 57.2 Å². The third-order valence-corrected chi connectivity index (χ3v) is 3.25. The molecule has 5 atom stereocenters. The molecule has 0 aliphatic rings. The summed E-state index contributed by atoms with van der Waals surface area (Å²) in [4.78, 5) is 0. The first kappa shape index (κ1) is 23.4. The van der Waals surface area contributed by atoms with Crippen molar-refractivity contribution in [3.63, 3.8) is 0 Å². The number of halogens is 6. The third-order valence-electron chi connectivity index (χ3n) is 2.53. The van der Waals surface area contributed by atoms with Crippen molar-refractivity contribution in [2.75, 3.05) is 12.4 Å². The van der Waals surface area contributed by atoms with Gasteiger partial charge in [0.05, 0.1) is 22.5 Å². The van der Waals surface area contributed by atoms with E-state index >= 15 is 0 Å². The van der Waals surface area contributed by atoms with Crippen LogP contribution in [0.3, 0.4) is 0 Å². The number of hydrogen-bond acceptors (Lipinski definition) is 3. The fourth-order valence-electron chi connectivity index (χ4n) is 1.45. The van der Waals surface area contributed by atoms with Crippen LogP contribution in [0.1, 0.15) is 19.3 Å². The van der Waals surface area contributed by atoms with Gasteiger partial charge in [0.15, 0.2) is 18.5 Å². The van der Waals surface area contributed by atoms with Crippen LogP contribution in [0.15, 0.2) is 0 Å². The largest absolute Gasteiger partial charge is 1.00 e. The van der Waals surface area contributed by atoms with Gasteiger partial charge in [0, 0.05) is 0 Å². The fourth-order valence-corrected chi connectivity index (χ4v) is 2.03. The summed E-state index contributed by atoms with van der Waals surface area (Å²) < 4.78 is 108. The smallest absolute Gasteiger partial charge is 0.748 e. The molecule has 0 amide bonds. The molecular formula is C10H15F6LiO3S. The molecule has 11 heteroatoms. The van der Waals surface area contributed by atoms with Gasteiger partial charge in [-0.15, -0.1) is 0 Å². The second kappa shape index (κ2) is 10.8. The van der Waals surface area contributed by atoms with Gasteiger partial charge < -0.3 is 4.55 Å². The van der Waals surface area contributed by atoms with E-state index in [1.54, 1.807) is 0 Å². The maximum Gasteiger partial charge on any atom is 1.00 e. The third kappa shape index (κ3) is 9.66. The van der Waals surface area contributed by atoms with E-state index in [-0.39, 0.29) is 31.7 Å². The summed E-state index contributed by atoms with van der Waals surface area (Å²) in [5, 5.41) is 0. The van der Waals surface area contributed by atoms with Crippen LogP contribution in [0.5, 0.6) is 0 Å². The molecule has 0 bridgehead atoms. The summed E-state index contributed by atoms with van der Waals surface area (Å²) in [5.74, 6) is -1.86. The predicted octanol–water partition coefficient (Wildman–Crippen LogP) is -0.634. The van der Waals surface area contributed by atoms with Crippen LogP contribution in [0.25, 0.3) is 0 Å². The van der Waals surface area contributed by atoms with Gasteiger partial charge in [-0.25, -0.2) is 30.4 Å². The van der Waals surface area contributed by atoms with Crippen molar-refractivity contribution in [2.45, 2.75) is 50.1 Å². The Labute approximate surface area is 131 Å². The molecule has 3 nitrogen and oxygen atoms in total. The zero-order valence-electron chi connectivity index (χ0n) is 11.3. The monoisotopic (exact) mass is 336 g/mol. The second-order valence-corrected chi connectivity index (χ2v) is 5.72. The van der Waals surface area contributed by atoms with E-state index in [4.69, 9.17) is 0 Å². The molecule has 0 heterocycles. The van der Waals surface area contributed by atoms with Gasteiger partial charge in [0.2, 0.25) is 0 Å². The van der Waals surface area contributed by atoms with E-state index in [2.05, 4.69) is 0 Å². The zero-order chi connectivity index (χ0) is 15.9. The van der Waals surface area contributed by atoms with Gasteiger partial charge in [-0.05, 0) is 19.3 Å². The van der Waals surface area contributed by atoms with Crippen LogP contribution in [0.2, 0.25) is 0 Å². The van der Waals surface area contributed by atoms with Crippen LogP contribution >= 0.6 is 0 Å². The Kier molecular flexibility index (Phi) is 12.0. The molecule has 0 saturated heterocycles. The van der Waals surface area contributed by atoms with Crippen molar-refractivity contribution in [1.29, 1.82) is 0 Å². The maximum absolute atomic E-state index is 13.2. The molecule has 21 heavy (non-hydrogen) atoms. The first-order valence-electron chi connectivity index (χ1n) is 5.80. The molecular weight excluding hydrogens is 321 g/mol. The minimum absolute atomic E-state index is 0. The molecule has 0 radical (unpaired) electrons. The molecule has 0 aromatic heterocycles. The number of rotatable bonds is 10. The SMILES string of the molecule is O=S(=O)([O-])CC(F)C(F)C(F)C(F)C(F)CCCCF.[Li+]. The van der Waals surface area contributed by atoms with Crippen molar-refractivity contribution in [3.8, 4) is 0 Å². The molecule has 0 aromatic carbocycles. The second-order valence-electron chi connectivity index (χ2n) is 4.27. The van der Waals surface area contributed by atoms with Crippen LogP contribution in [0, 0.1) is 0 Å². The van der Waals surface area contributed by atoms with Gasteiger partial charge in [-0.2, -0.15) is 0 Å². The Morgan fingerprint density at radius 2 is 1.33 bits per heavy atom. The normalized spacial score (nSPS) is 19.2. The fraction of sp³-hybridized carbons (Fsp3) is 1.00. The molecule has 5 unspecified atom stereocenters. The molecule has 0 N–H and O–H groups in total. The van der Waals surface area contributed by atoms with Crippen LogP contribution in [-0.2, 0) is 10.1 Å². The molecule has 0 rings (SSSR count). The van der Waals surface area contributed by atoms with Crippen molar-refractivity contribution in [3.05, 3.63) is 0 Å². The first-order valence-corrected chi connectivity index (χ1v) is 7.37. The van der Waals surface area contributed by atoms with E-state index in [9.17, 15) is 39.3 Å². The van der Waals surface area contributed by atoms with Crippen molar-refractivity contribution >= 4 is 10.1 Å². The first-order chi connectivity index (χ1) is 9.10. The van der Waals surface area contributed by atoms with Gasteiger partial charge in [-0.3, -0.25) is 4.39 Å². The molecule has 0 saturated carbocycles. The van der Waals surface area contributed by atoms with E-state index < -0.39 is 59.8 Å². The number of alkyl halides is 6. The Balaban J connectivity index is 0. The minimum Gasteiger partial charge on any atom is -0.748 e. The van der Waals surface area contributed by atoms with Crippen molar-refractivity contribution in [2.24, 2.45) is 0 Å². The van der Waals surface area contributed by atoms with E-state index in [1.165, 1.54) is 0 Å². The average molecular weight is 336 g/mol. The summed E-state index contributed by atoms with van der Waals surface area (Å²) in [5.41, 5.74) is 0. The number of hydrogen-bond donors (Lipinski definition) is 0.